The molecule has 104 valence electrons. The van der Waals surface area contributed by atoms with Gasteiger partial charge in [-0.15, -0.1) is 6.42 Å². The van der Waals surface area contributed by atoms with Gasteiger partial charge in [0, 0.05) is 6.04 Å². The van der Waals surface area contributed by atoms with Gasteiger partial charge in [-0.3, -0.25) is 14.5 Å². The lowest BCUT2D eigenvalue weighted by atomic mass is 9.85. The molecule has 1 saturated carbocycles. The predicted octanol–water partition coefficient (Wildman–Crippen LogP) is 0.454. The summed E-state index contributed by atoms with van der Waals surface area (Å²) in [6.07, 6.45) is 10.1. The van der Waals surface area contributed by atoms with Crippen LogP contribution < -0.4 is 5.32 Å². The van der Waals surface area contributed by atoms with E-state index in [1.807, 2.05) is 4.90 Å². The van der Waals surface area contributed by atoms with Crippen molar-refractivity contribution in [3.05, 3.63) is 0 Å². The topological polar surface area (TPSA) is 69.6 Å². The van der Waals surface area contributed by atoms with Crippen LogP contribution in [0.3, 0.4) is 0 Å². The molecule has 2 N–H and O–H groups in total. The fourth-order valence-corrected chi connectivity index (χ4v) is 3.39. The summed E-state index contributed by atoms with van der Waals surface area (Å²) >= 11 is 0. The molecular weight excluding hydrogens is 244 g/mol. The molecule has 0 bridgehead atoms. The molecule has 1 heterocycles. The number of likely N-dealkylation sites (tertiary alicyclic amines) is 1. The van der Waals surface area contributed by atoms with E-state index in [1.165, 1.54) is 6.42 Å². The lowest BCUT2D eigenvalue weighted by Gasteiger charge is -2.32. The van der Waals surface area contributed by atoms with Crippen LogP contribution in [0.25, 0.3) is 0 Å². The Kier molecular flexibility index (Phi) is 4.43. The van der Waals surface area contributed by atoms with Crippen LogP contribution in [0.1, 0.15) is 32.1 Å². The molecule has 5 heteroatoms. The van der Waals surface area contributed by atoms with Crippen LogP contribution >= 0.6 is 0 Å². The Morgan fingerprint density at radius 1 is 1.37 bits per heavy atom. The molecule has 1 aliphatic heterocycles. The maximum absolute atomic E-state index is 11.8. The maximum Gasteiger partial charge on any atom is 0.320 e. The highest BCUT2D eigenvalue weighted by molar-refractivity contribution is 5.80. The van der Waals surface area contributed by atoms with Gasteiger partial charge in [0.25, 0.3) is 0 Å². The first-order chi connectivity index (χ1) is 9.13. The molecule has 3 atom stereocenters. The number of aliphatic carboxylic acids is 1. The molecule has 0 radical (unpaired) electrons. The Bertz CT molecular complexity index is 402. The fourth-order valence-electron chi connectivity index (χ4n) is 3.39. The van der Waals surface area contributed by atoms with Crippen molar-refractivity contribution in [1.29, 1.82) is 0 Å². The average Bonchev–Trinajstić information content (AvgIpc) is 2.76. The first kappa shape index (κ1) is 13.9. The third-order valence-electron chi connectivity index (χ3n) is 4.22. The van der Waals surface area contributed by atoms with E-state index in [0.717, 1.165) is 19.3 Å². The van der Waals surface area contributed by atoms with E-state index in [0.29, 0.717) is 12.3 Å². The number of carbonyl (C=O) groups is 2. The van der Waals surface area contributed by atoms with E-state index < -0.39 is 12.0 Å². The van der Waals surface area contributed by atoms with Gasteiger partial charge in [-0.2, -0.15) is 0 Å². The number of terminal acetylenes is 1. The van der Waals surface area contributed by atoms with E-state index in [-0.39, 0.29) is 25.0 Å². The minimum absolute atomic E-state index is 0.139. The fraction of sp³-hybridized carbons (Fsp3) is 0.714. The van der Waals surface area contributed by atoms with Gasteiger partial charge >= 0.3 is 5.97 Å². The number of rotatable bonds is 4. The van der Waals surface area contributed by atoms with Crippen LogP contribution in [0.4, 0.5) is 0 Å². The van der Waals surface area contributed by atoms with Gasteiger partial charge in [0.15, 0.2) is 0 Å². The van der Waals surface area contributed by atoms with Crippen molar-refractivity contribution in [2.75, 3.05) is 13.1 Å². The summed E-state index contributed by atoms with van der Waals surface area (Å²) in [6.45, 7) is 0.332. The number of nitrogens with one attached hydrogen (secondary N) is 1. The normalized spacial score (nSPS) is 30.4. The van der Waals surface area contributed by atoms with E-state index in [4.69, 9.17) is 6.42 Å². The van der Waals surface area contributed by atoms with Crippen molar-refractivity contribution in [2.24, 2.45) is 5.92 Å². The van der Waals surface area contributed by atoms with Crippen LogP contribution in [0.2, 0.25) is 0 Å². The molecule has 1 amide bonds. The van der Waals surface area contributed by atoms with E-state index >= 15 is 0 Å². The zero-order valence-electron chi connectivity index (χ0n) is 11.0. The van der Waals surface area contributed by atoms with Crippen molar-refractivity contribution >= 4 is 11.9 Å². The van der Waals surface area contributed by atoms with Crippen LogP contribution in [0.5, 0.6) is 0 Å². The van der Waals surface area contributed by atoms with Crippen molar-refractivity contribution in [3.8, 4) is 12.3 Å². The van der Waals surface area contributed by atoms with E-state index in [9.17, 15) is 14.7 Å². The molecule has 2 aliphatic rings. The second-order valence-electron chi connectivity index (χ2n) is 5.35. The molecule has 19 heavy (non-hydrogen) atoms. The summed E-state index contributed by atoms with van der Waals surface area (Å²) in [4.78, 5) is 25.0. The number of carbonyl (C=O) groups excluding carboxylic acids is 1. The Balaban J connectivity index is 2.03. The highest BCUT2D eigenvalue weighted by Gasteiger charge is 2.45. The minimum atomic E-state index is -0.820. The summed E-state index contributed by atoms with van der Waals surface area (Å²) in [7, 11) is 0. The smallest absolute Gasteiger partial charge is 0.320 e. The van der Waals surface area contributed by atoms with Crippen LogP contribution in [-0.2, 0) is 9.59 Å². The highest BCUT2D eigenvalue weighted by Crippen LogP contribution is 2.39. The number of fused-ring (bicyclic) bond motifs is 1. The van der Waals surface area contributed by atoms with E-state index in [2.05, 4.69) is 11.2 Å². The number of hydrogen-bond acceptors (Lipinski definition) is 3. The molecule has 2 fully saturated rings. The summed E-state index contributed by atoms with van der Waals surface area (Å²) in [5.74, 6) is 1.77. The van der Waals surface area contributed by atoms with Gasteiger partial charge in [0.2, 0.25) is 5.91 Å². The lowest BCUT2D eigenvalue weighted by Crippen LogP contribution is -2.47. The third-order valence-corrected chi connectivity index (χ3v) is 4.22. The summed E-state index contributed by atoms with van der Waals surface area (Å²) in [5, 5.41) is 11.9. The van der Waals surface area contributed by atoms with E-state index in [1.54, 1.807) is 0 Å². The largest absolute Gasteiger partial charge is 0.480 e. The molecule has 3 unspecified atom stereocenters. The second kappa shape index (κ2) is 6.07. The minimum Gasteiger partial charge on any atom is -0.480 e. The monoisotopic (exact) mass is 264 g/mol. The molecule has 0 aromatic rings. The number of carboxylic acids is 1. The van der Waals surface area contributed by atoms with Crippen molar-refractivity contribution in [3.63, 3.8) is 0 Å². The summed E-state index contributed by atoms with van der Waals surface area (Å²) in [6, 6.07) is -0.281. The van der Waals surface area contributed by atoms with Crippen LogP contribution in [0.15, 0.2) is 0 Å². The van der Waals surface area contributed by atoms with Crippen LogP contribution in [-0.4, -0.2) is 47.1 Å². The van der Waals surface area contributed by atoms with Gasteiger partial charge < -0.3 is 10.4 Å². The van der Waals surface area contributed by atoms with Gasteiger partial charge in [0.05, 0.1) is 13.1 Å². The zero-order valence-corrected chi connectivity index (χ0v) is 11.0. The molecule has 2 rings (SSSR count). The predicted molar refractivity (Wildman–Crippen MR) is 70.3 cm³/mol. The molecule has 1 aliphatic carbocycles. The molecule has 0 spiro atoms. The quantitative estimate of drug-likeness (QED) is 0.724. The van der Waals surface area contributed by atoms with Crippen molar-refractivity contribution < 1.29 is 14.7 Å². The number of hydrogen-bond donors (Lipinski definition) is 2. The number of amides is 1. The Morgan fingerprint density at radius 3 is 2.79 bits per heavy atom. The van der Waals surface area contributed by atoms with Gasteiger partial charge in [-0.1, -0.05) is 18.8 Å². The van der Waals surface area contributed by atoms with Gasteiger partial charge in [-0.25, -0.2) is 0 Å². The molecule has 0 aromatic heterocycles. The first-order valence-electron chi connectivity index (χ1n) is 6.82. The molecule has 5 nitrogen and oxygen atoms in total. The van der Waals surface area contributed by atoms with Gasteiger partial charge in [0.1, 0.15) is 6.04 Å². The SMILES string of the molecule is C#CCNC(=O)CN1C(C(=O)O)CC2CCCCC21. The standard InChI is InChI=1S/C14H20N2O3/c1-2-7-15-13(17)9-16-11-6-4-3-5-10(11)8-12(16)14(18)19/h1,10-12H,3-9H2,(H,15,17)(H,18,19). The Morgan fingerprint density at radius 2 is 2.11 bits per heavy atom. The number of carboxylic acid groups (broad SMARTS) is 1. The lowest BCUT2D eigenvalue weighted by molar-refractivity contribution is -0.143. The molecule has 1 saturated heterocycles. The van der Waals surface area contributed by atoms with Crippen molar-refractivity contribution in [1.82, 2.24) is 10.2 Å². The summed E-state index contributed by atoms with van der Waals surface area (Å²) in [5.41, 5.74) is 0. The molecule has 0 aromatic carbocycles. The average molecular weight is 264 g/mol. The Labute approximate surface area is 113 Å². The second-order valence-corrected chi connectivity index (χ2v) is 5.35. The first-order valence-corrected chi connectivity index (χ1v) is 6.82. The number of nitrogens with zero attached hydrogens (tertiary/aromatic N) is 1. The Hall–Kier alpha value is -1.54. The van der Waals surface area contributed by atoms with Crippen molar-refractivity contribution in [2.45, 2.75) is 44.2 Å². The molecular formula is C14H20N2O3. The maximum atomic E-state index is 11.8. The van der Waals surface area contributed by atoms with Gasteiger partial charge in [-0.05, 0) is 25.2 Å². The van der Waals surface area contributed by atoms with Crippen LogP contribution in [0, 0.1) is 18.3 Å². The third kappa shape index (κ3) is 3.07. The summed E-state index contributed by atoms with van der Waals surface area (Å²) < 4.78 is 0. The zero-order chi connectivity index (χ0) is 13.8. The highest BCUT2D eigenvalue weighted by atomic mass is 16.4.